The van der Waals surface area contributed by atoms with Gasteiger partial charge in [0.1, 0.15) is 11.5 Å². The van der Waals surface area contributed by atoms with Crippen LogP contribution in [0.2, 0.25) is 0 Å². The lowest BCUT2D eigenvalue weighted by atomic mass is 9.79. The molecule has 2 N–H and O–H groups in total. The number of phenols is 2. The zero-order chi connectivity index (χ0) is 21.8. The number of phenolic OH excluding ortho intramolecular Hbond substituents is 2. The Bertz CT molecular complexity index is 1150. The first-order valence-corrected chi connectivity index (χ1v) is 10.3. The molecule has 156 valence electrons. The molecule has 0 spiro atoms. The van der Waals surface area contributed by atoms with Crippen LogP contribution in [-0.4, -0.2) is 22.8 Å². The fourth-order valence-electron chi connectivity index (χ4n) is 3.97. The number of ether oxygens (including phenoxy) is 1. The zero-order valence-corrected chi connectivity index (χ0v) is 17.3. The molecular formula is C27H24O4. The van der Waals surface area contributed by atoms with Crippen LogP contribution < -0.4 is 0 Å². The van der Waals surface area contributed by atoms with Crippen LogP contribution in [0.3, 0.4) is 0 Å². The summed E-state index contributed by atoms with van der Waals surface area (Å²) < 4.78 is 4.93. The lowest BCUT2D eigenvalue weighted by molar-refractivity contribution is -0.137. The van der Waals surface area contributed by atoms with Gasteiger partial charge in [-0.15, -0.1) is 0 Å². The molecular weight excluding hydrogens is 388 g/mol. The van der Waals surface area contributed by atoms with Gasteiger partial charge in [0.05, 0.1) is 6.61 Å². The maximum atomic E-state index is 11.6. The molecule has 0 radical (unpaired) electrons. The fraction of sp³-hybridized carbons (Fsp3) is 0.148. The Labute approximate surface area is 181 Å². The molecule has 0 amide bonds. The summed E-state index contributed by atoms with van der Waals surface area (Å²) in [4.78, 5) is 11.6. The predicted octanol–water partition coefficient (Wildman–Crippen LogP) is 5.58. The first kappa shape index (κ1) is 20.5. The Morgan fingerprint density at radius 3 is 2.29 bits per heavy atom. The molecule has 0 heterocycles. The van der Waals surface area contributed by atoms with E-state index in [1.54, 1.807) is 31.2 Å². The molecule has 0 fully saturated rings. The van der Waals surface area contributed by atoms with Crippen LogP contribution >= 0.6 is 0 Å². The van der Waals surface area contributed by atoms with Crippen molar-refractivity contribution < 1.29 is 19.7 Å². The Balaban J connectivity index is 1.77. The van der Waals surface area contributed by atoms with E-state index in [1.807, 2.05) is 48.5 Å². The topological polar surface area (TPSA) is 66.8 Å². The van der Waals surface area contributed by atoms with Gasteiger partial charge in [0.15, 0.2) is 0 Å². The number of fused-ring (bicyclic) bond motifs is 1. The molecule has 0 aliphatic heterocycles. The Hall–Kier alpha value is -3.79. The summed E-state index contributed by atoms with van der Waals surface area (Å²) in [6.07, 6.45) is 4.84. The number of hydrogen-bond donors (Lipinski definition) is 2. The van der Waals surface area contributed by atoms with E-state index in [2.05, 4.69) is 0 Å². The van der Waals surface area contributed by atoms with Crippen LogP contribution in [0.15, 0.2) is 72.8 Å². The molecule has 4 heteroatoms. The van der Waals surface area contributed by atoms with Gasteiger partial charge >= 0.3 is 5.97 Å². The fourth-order valence-corrected chi connectivity index (χ4v) is 3.97. The molecule has 0 bridgehead atoms. The Kier molecular flexibility index (Phi) is 5.89. The highest BCUT2D eigenvalue weighted by atomic mass is 16.5. The number of allylic oxidation sites excluding steroid dienone is 1. The molecule has 4 nitrogen and oxygen atoms in total. The molecule has 0 atom stereocenters. The highest BCUT2D eigenvalue weighted by Crippen LogP contribution is 2.42. The molecule has 1 aliphatic rings. The van der Waals surface area contributed by atoms with E-state index in [9.17, 15) is 15.0 Å². The highest BCUT2D eigenvalue weighted by Gasteiger charge is 2.22. The first-order valence-electron chi connectivity index (χ1n) is 10.3. The molecule has 3 aromatic rings. The van der Waals surface area contributed by atoms with E-state index in [0.29, 0.717) is 6.61 Å². The summed E-state index contributed by atoms with van der Waals surface area (Å²) in [5.41, 5.74) is 7.57. The van der Waals surface area contributed by atoms with Crippen molar-refractivity contribution in [3.05, 3.63) is 101 Å². The minimum atomic E-state index is -0.357. The smallest absolute Gasteiger partial charge is 0.330 e. The van der Waals surface area contributed by atoms with Gasteiger partial charge in [0, 0.05) is 6.08 Å². The third-order valence-corrected chi connectivity index (χ3v) is 5.42. The lowest BCUT2D eigenvalue weighted by Crippen LogP contribution is -2.06. The minimum absolute atomic E-state index is 0.241. The standard InChI is InChI=1S/C27H24O4/c1-2-31-26(30)16-5-18-3-6-20(7-4-18)27-24(19-8-11-22(28)12-9-19)14-10-21-17-23(29)13-15-25(21)27/h3-9,11-13,15-17,28-29H,2,10,14H2,1H3/b16-5+. The van der Waals surface area contributed by atoms with Crippen LogP contribution in [0.4, 0.5) is 0 Å². The van der Waals surface area contributed by atoms with Gasteiger partial charge in [0.2, 0.25) is 0 Å². The molecule has 31 heavy (non-hydrogen) atoms. The molecule has 3 aromatic carbocycles. The second-order valence-corrected chi connectivity index (χ2v) is 7.45. The minimum Gasteiger partial charge on any atom is -0.508 e. The normalized spacial score (nSPS) is 13.3. The van der Waals surface area contributed by atoms with E-state index in [1.165, 1.54) is 11.6 Å². The summed E-state index contributed by atoms with van der Waals surface area (Å²) in [5.74, 6) is 0.153. The largest absolute Gasteiger partial charge is 0.508 e. The predicted molar refractivity (Wildman–Crippen MR) is 123 cm³/mol. The second-order valence-electron chi connectivity index (χ2n) is 7.45. The van der Waals surface area contributed by atoms with E-state index < -0.39 is 0 Å². The number of hydrogen-bond acceptors (Lipinski definition) is 4. The highest BCUT2D eigenvalue weighted by molar-refractivity contribution is 6.01. The second kappa shape index (κ2) is 8.92. The van der Waals surface area contributed by atoms with Crippen molar-refractivity contribution in [1.29, 1.82) is 0 Å². The maximum absolute atomic E-state index is 11.6. The lowest BCUT2D eigenvalue weighted by Gasteiger charge is -2.25. The van der Waals surface area contributed by atoms with Gasteiger partial charge in [-0.2, -0.15) is 0 Å². The molecule has 0 aromatic heterocycles. The summed E-state index contributed by atoms with van der Waals surface area (Å²) in [6.45, 7) is 2.13. The van der Waals surface area contributed by atoms with E-state index >= 15 is 0 Å². The number of rotatable bonds is 5. The van der Waals surface area contributed by atoms with Crippen LogP contribution in [0.1, 0.15) is 41.2 Å². The third kappa shape index (κ3) is 4.53. The molecule has 0 saturated carbocycles. The van der Waals surface area contributed by atoms with Gasteiger partial charge in [0.25, 0.3) is 0 Å². The molecule has 0 saturated heterocycles. The van der Waals surface area contributed by atoms with Crippen LogP contribution in [0, 0.1) is 0 Å². The monoisotopic (exact) mass is 412 g/mol. The van der Waals surface area contributed by atoms with Gasteiger partial charge in [-0.25, -0.2) is 4.79 Å². The molecule has 1 aliphatic carbocycles. The van der Waals surface area contributed by atoms with Crippen LogP contribution in [0.5, 0.6) is 11.5 Å². The number of carbonyl (C=O) groups excluding carboxylic acids is 1. The van der Waals surface area contributed by atoms with Crippen molar-refractivity contribution in [2.24, 2.45) is 0 Å². The van der Waals surface area contributed by atoms with Crippen molar-refractivity contribution in [1.82, 2.24) is 0 Å². The number of aryl methyl sites for hydroxylation is 1. The quantitative estimate of drug-likeness (QED) is 0.424. The van der Waals surface area contributed by atoms with Crippen molar-refractivity contribution in [2.75, 3.05) is 6.61 Å². The van der Waals surface area contributed by atoms with E-state index in [4.69, 9.17) is 4.74 Å². The third-order valence-electron chi connectivity index (χ3n) is 5.42. The van der Waals surface area contributed by atoms with Crippen molar-refractivity contribution >= 4 is 23.2 Å². The van der Waals surface area contributed by atoms with Gasteiger partial charge in [-0.1, -0.05) is 42.5 Å². The summed E-state index contributed by atoms with van der Waals surface area (Å²) in [6, 6.07) is 20.8. The Morgan fingerprint density at radius 1 is 0.903 bits per heavy atom. The summed E-state index contributed by atoms with van der Waals surface area (Å²) in [7, 11) is 0. The summed E-state index contributed by atoms with van der Waals surface area (Å²) in [5, 5.41) is 19.6. The average molecular weight is 412 g/mol. The van der Waals surface area contributed by atoms with Gasteiger partial charge in [-0.05, 0) is 89.1 Å². The zero-order valence-electron chi connectivity index (χ0n) is 17.3. The average Bonchev–Trinajstić information content (AvgIpc) is 2.78. The van der Waals surface area contributed by atoms with E-state index in [-0.39, 0.29) is 17.5 Å². The molecule has 4 rings (SSSR count). The Morgan fingerprint density at radius 2 is 1.58 bits per heavy atom. The first-order chi connectivity index (χ1) is 15.0. The van der Waals surface area contributed by atoms with Crippen molar-refractivity contribution in [3.63, 3.8) is 0 Å². The van der Waals surface area contributed by atoms with Crippen LogP contribution in [0.25, 0.3) is 17.2 Å². The number of aromatic hydroxyl groups is 2. The number of esters is 1. The van der Waals surface area contributed by atoms with Crippen molar-refractivity contribution in [3.8, 4) is 11.5 Å². The number of carbonyl (C=O) groups is 1. The SMILES string of the molecule is CCOC(=O)/C=C/c1ccc(C2=C(c3ccc(O)cc3)CCc3cc(O)ccc32)cc1. The molecule has 0 unspecified atom stereocenters. The van der Waals surface area contributed by atoms with Gasteiger partial charge in [-0.3, -0.25) is 0 Å². The van der Waals surface area contributed by atoms with E-state index in [0.717, 1.165) is 46.2 Å². The van der Waals surface area contributed by atoms with Gasteiger partial charge < -0.3 is 14.9 Å². The van der Waals surface area contributed by atoms with Crippen molar-refractivity contribution in [2.45, 2.75) is 19.8 Å². The van der Waals surface area contributed by atoms with Crippen LogP contribution in [-0.2, 0) is 16.0 Å². The number of benzene rings is 3. The maximum Gasteiger partial charge on any atom is 0.330 e. The summed E-state index contributed by atoms with van der Waals surface area (Å²) >= 11 is 0.